The van der Waals surface area contributed by atoms with Crippen LogP contribution in [0.1, 0.15) is 17.2 Å². The fraction of sp³-hybridized carbons (Fsp3) is 0.0556. The third kappa shape index (κ3) is 3.28. The van der Waals surface area contributed by atoms with Gasteiger partial charge in [-0.2, -0.15) is 0 Å². The molecule has 1 atom stereocenters. The third-order valence-electron chi connectivity index (χ3n) is 3.40. The Morgan fingerprint density at radius 3 is 1.77 bits per heavy atom. The molecule has 4 heteroatoms. The largest absolute Gasteiger partial charge is 0.374 e. The van der Waals surface area contributed by atoms with Crippen LogP contribution < -0.4 is 5.32 Å². The van der Waals surface area contributed by atoms with Crippen molar-refractivity contribution in [3.63, 3.8) is 0 Å². The number of benzene rings is 2. The number of rotatable bonds is 4. The first kappa shape index (κ1) is 14.2. The van der Waals surface area contributed by atoms with E-state index in [0.29, 0.717) is 0 Å². The van der Waals surface area contributed by atoms with Gasteiger partial charge in [-0.25, -0.2) is 8.78 Å². The van der Waals surface area contributed by atoms with Gasteiger partial charge in [0.1, 0.15) is 11.6 Å². The van der Waals surface area contributed by atoms with Gasteiger partial charge in [-0.05, 0) is 59.7 Å². The second kappa shape index (κ2) is 6.35. The van der Waals surface area contributed by atoms with Crippen molar-refractivity contribution in [2.45, 2.75) is 6.04 Å². The summed E-state index contributed by atoms with van der Waals surface area (Å²) in [5.41, 5.74) is 2.69. The fourth-order valence-electron chi connectivity index (χ4n) is 2.28. The summed E-state index contributed by atoms with van der Waals surface area (Å²) in [4.78, 5) is 4.02. The molecule has 0 bridgehead atoms. The lowest BCUT2D eigenvalue weighted by atomic mass is 9.99. The number of nitrogens with zero attached hydrogens (tertiary/aromatic N) is 1. The molecule has 0 saturated carbocycles. The van der Waals surface area contributed by atoms with Crippen molar-refractivity contribution in [1.82, 2.24) is 4.98 Å². The third-order valence-corrected chi connectivity index (χ3v) is 3.40. The SMILES string of the molecule is Fc1ccc(NC(c2ccncc2)c2ccc(F)cc2)cc1. The molecular formula is C18H14F2N2. The second-order valence-electron chi connectivity index (χ2n) is 4.92. The maximum Gasteiger partial charge on any atom is 0.123 e. The van der Waals surface area contributed by atoms with E-state index in [4.69, 9.17) is 0 Å². The van der Waals surface area contributed by atoms with Crippen molar-refractivity contribution in [1.29, 1.82) is 0 Å². The zero-order valence-corrected chi connectivity index (χ0v) is 11.7. The molecule has 0 saturated heterocycles. The molecule has 0 amide bonds. The molecule has 2 aromatic carbocycles. The Labute approximate surface area is 127 Å². The highest BCUT2D eigenvalue weighted by Gasteiger charge is 2.14. The number of anilines is 1. The smallest absolute Gasteiger partial charge is 0.123 e. The van der Waals surface area contributed by atoms with Crippen LogP contribution in [0.2, 0.25) is 0 Å². The molecule has 0 aliphatic heterocycles. The van der Waals surface area contributed by atoms with Gasteiger partial charge in [-0.15, -0.1) is 0 Å². The fourth-order valence-corrected chi connectivity index (χ4v) is 2.28. The Kier molecular flexibility index (Phi) is 4.10. The van der Waals surface area contributed by atoms with E-state index in [9.17, 15) is 8.78 Å². The van der Waals surface area contributed by atoms with Crippen LogP contribution in [0, 0.1) is 11.6 Å². The molecule has 1 heterocycles. The second-order valence-corrected chi connectivity index (χ2v) is 4.92. The van der Waals surface area contributed by atoms with E-state index in [1.165, 1.54) is 24.3 Å². The van der Waals surface area contributed by atoms with Crippen LogP contribution in [-0.4, -0.2) is 4.98 Å². The molecule has 0 aliphatic carbocycles. The van der Waals surface area contributed by atoms with Crippen molar-refractivity contribution >= 4 is 5.69 Å². The Hall–Kier alpha value is -2.75. The zero-order chi connectivity index (χ0) is 15.4. The standard InChI is InChI=1S/C18H14F2N2/c19-15-3-1-13(2-4-15)18(14-9-11-21-12-10-14)22-17-7-5-16(20)6-8-17/h1-12,18,22H. The topological polar surface area (TPSA) is 24.9 Å². The molecule has 2 nitrogen and oxygen atoms in total. The number of halogens is 2. The Morgan fingerprint density at radius 1 is 0.682 bits per heavy atom. The zero-order valence-electron chi connectivity index (χ0n) is 11.7. The summed E-state index contributed by atoms with van der Waals surface area (Å²) >= 11 is 0. The van der Waals surface area contributed by atoms with Gasteiger partial charge in [0.05, 0.1) is 6.04 Å². The van der Waals surface area contributed by atoms with Crippen molar-refractivity contribution in [2.24, 2.45) is 0 Å². The predicted molar refractivity (Wildman–Crippen MR) is 82.5 cm³/mol. The van der Waals surface area contributed by atoms with Gasteiger partial charge in [0, 0.05) is 18.1 Å². The Bertz CT molecular complexity index is 725. The van der Waals surface area contributed by atoms with E-state index in [0.717, 1.165) is 16.8 Å². The maximum atomic E-state index is 13.2. The van der Waals surface area contributed by atoms with Gasteiger partial charge in [-0.1, -0.05) is 12.1 Å². The molecule has 3 rings (SSSR count). The van der Waals surface area contributed by atoms with E-state index < -0.39 is 0 Å². The van der Waals surface area contributed by atoms with Crippen molar-refractivity contribution in [2.75, 3.05) is 5.32 Å². The lowest BCUT2D eigenvalue weighted by Gasteiger charge is -2.21. The molecular weight excluding hydrogens is 282 g/mol. The Morgan fingerprint density at radius 2 is 1.18 bits per heavy atom. The van der Waals surface area contributed by atoms with Crippen molar-refractivity contribution < 1.29 is 8.78 Å². The number of pyridine rings is 1. The normalized spacial score (nSPS) is 11.9. The molecule has 1 unspecified atom stereocenters. The van der Waals surface area contributed by atoms with E-state index >= 15 is 0 Å². The summed E-state index contributed by atoms with van der Waals surface area (Å²) in [7, 11) is 0. The molecule has 0 aliphatic rings. The summed E-state index contributed by atoms with van der Waals surface area (Å²) in [5, 5.41) is 3.34. The summed E-state index contributed by atoms with van der Waals surface area (Å²) in [5.74, 6) is -0.563. The molecule has 0 fully saturated rings. The molecule has 1 N–H and O–H groups in total. The van der Waals surface area contributed by atoms with E-state index in [1.54, 1.807) is 36.7 Å². The van der Waals surface area contributed by atoms with E-state index in [2.05, 4.69) is 10.3 Å². The van der Waals surface area contributed by atoms with Crippen LogP contribution in [0.5, 0.6) is 0 Å². The summed E-state index contributed by atoms with van der Waals surface area (Å²) < 4.78 is 26.2. The minimum absolute atomic E-state index is 0.172. The van der Waals surface area contributed by atoms with Crippen molar-refractivity contribution in [3.05, 3.63) is 95.8 Å². The van der Waals surface area contributed by atoms with Gasteiger partial charge in [-0.3, -0.25) is 4.98 Å². The minimum atomic E-state index is -0.284. The average molecular weight is 296 g/mol. The molecule has 110 valence electrons. The monoisotopic (exact) mass is 296 g/mol. The highest BCUT2D eigenvalue weighted by atomic mass is 19.1. The first-order valence-electron chi connectivity index (χ1n) is 6.90. The maximum absolute atomic E-state index is 13.2. The van der Waals surface area contributed by atoms with Gasteiger partial charge < -0.3 is 5.32 Å². The van der Waals surface area contributed by atoms with Crippen LogP contribution in [0.3, 0.4) is 0 Å². The van der Waals surface area contributed by atoms with Crippen molar-refractivity contribution in [3.8, 4) is 0 Å². The van der Waals surface area contributed by atoms with Crippen LogP contribution in [0.25, 0.3) is 0 Å². The highest BCUT2D eigenvalue weighted by molar-refractivity contribution is 5.49. The van der Waals surface area contributed by atoms with Gasteiger partial charge in [0.15, 0.2) is 0 Å². The van der Waals surface area contributed by atoms with Gasteiger partial charge in [0.25, 0.3) is 0 Å². The molecule has 1 aromatic heterocycles. The molecule has 0 spiro atoms. The van der Waals surface area contributed by atoms with E-state index in [1.807, 2.05) is 12.1 Å². The predicted octanol–water partition coefficient (Wildman–Crippen LogP) is 4.56. The van der Waals surface area contributed by atoms with E-state index in [-0.39, 0.29) is 17.7 Å². The molecule has 22 heavy (non-hydrogen) atoms. The number of hydrogen-bond donors (Lipinski definition) is 1. The number of nitrogens with one attached hydrogen (secondary N) is 1. The molecule has 3 aromatic rings. The van der Waals surface area contributed by atoms with Gasteiger partial charge >= 0.3 is 0 Å². The number of hydrogen-bond acceptors (Lipinski definition) is 2. The summed E-state index contributed by atoms with van der Waals surface area (Å²) in [6, 6.07) is 16.1. The first-order chi connectivity index (χ1) is 10.7. The first-order valence-corrected chi connectivity index (χ1v) is 6.90. The van der Waals surface area contributed by atoms with Gasteiger partial charge in [0.2, 0.25) is 0 Å². The summed E-state index contributed by atoms with van der Waals surface area (Å²) in [6.07, 6.45) is 3.41. The van der Waals surface area contributed by atoms with Crippen LogP contribution in [-0.2, 0) is 0 Å². The highest BCUT2D eigenvalue weighted by Crippen LogP contribution is 2.26. The quantitative estimate of drug-likeness (QED) is 0.763. The van der Waals surface area contributed by atoms with Crippen LogP contribution in [0.15, 0.2) is 73.1 Å². The molecule has 0 radical (unpaired) electrons. The lowest BCUT2D eigenvalue weighted by Crippen LogP contribution is -2.12. The van der Waals surface area contributed by atoms with Crippen LogP contribution in [0.4, 0.5) is 14.5 Å². The summed E-state index contributed by atoms with van der Waals surface area (Å²) in [6.45, 7) is 0. The van der Waals surface area contributed by atoms with Crippen LogP contribution >= 0.6 is 0 Å². The number of aromatic nitrogens is 1. The lowest BCUT2D eigenvalue weighted by molar-refractivity contribution is 0.626. The minimum Gasteiger partial charge on any atom is -0.374 e. The Balaban J connectivity index is 1.96. The average Bonchev–Trinajstić information content (AvgIpc) is 2.56.